The second-order valence-corrected chi connectivity index (χ2v) is 28.2. The van der Waals surface area contributed by atoms with Crippen LogP contribution in [0.15, 0.2) is 91.5 Å². The molecule has 0 saturated carbocycles. The van der Waals surface area contributed by atoms with Crippen LogP contribution in [0.25, 0.3) is 0 Å². The fraction of sp³-hybridized carbons (Fsp3) is 0.595. The Morgan fingerprint density at radius 1 is 0.716 bits per heavy atom. The number of benzene rings is 3. The van der Waals surface area contributed by atoms with Crippen molar-refractivity contribution >= 4 is 76.6 Å². The summed E-state index contributed by atoms with van der Waals surface area (Å²) in [5.74, 6) is -5.95. The molecule has 3 aromatic carbocycles. The lowest BCUT2D eigenvalue weighted by molar-refractivity contribution is -0.179. The third kappa shape index (κ3) is 35.0. The molecular formula is C79H113ClN6O23. The summed E-state index contributed by atoms with van der Waals surface area (Å²) in [5, 5.41) is 14.1. The van der Waals surface area contributed by atoms with Gasteiger partial charge in [-0.25, -0.2) is 9.59 Å². The summed E-state index contributed by atoms with van der Waals surface area (Å²) in [7, 11) is 3.10. The number of nitrogens with zero attached hydrogens (tertiary/aromatic N) is 1. The standard InChI is InChI=1S/C79H113ClN6O23/c1-12-31-105-70(90)27-30-86(69(89)28-32-99-35-36-101-39-40-103-43-44-104-42-41-102-38-37-100-34-33-97-10)29-26-61(87)48-62(53(4)5)74(92)83-55(7)73(91)84-60-23-18-57(19-24-60)50-106-78(96)81-49-56-16-21-59(22-17-56)72-71(109-72)54(6)65-14-13-15-68(88)85-64(47-58-20-25-66(98-11)63(80)46-58)75(93)82-51-79(8,9)77(95)108-67(45-52(2)3)76(94)107-65/h12-13,15-25,46,52-55,62,64-65,67,71-72H,1,14,26-45,47-51H2,2-11H3,(H,81,96)(H,82,93)(H,83,92)(H,84,91)(H,85,88)/b15-13+/t54-,55-,62-,64+,65-,67-,71+,72+/m0/s1. The minimum absolute atomic E-state index is 0.00672. The van der Waals surface area contributed by atoms with E-state index in [0.29, 0.717) is 93.7 Å². The number of Topliss-reactive ketones (excluding diaryl/α,β-unsaturated/α-hetero) is 1. The summed E-state index contributed by atoms with van der Waals surface area (Å²) >= 11 is 6.40. The summed E-state index contributed by atoms with van der Waals surface area (Å²) < 4.78 is 71.9. The van der Waals surface area contributed by atoms with E-state index in [1.807, 2.05) is 45.0 Å². The second-order valence-electron chi connectivity index (χ2n) is 27.8. The molecule has 1 fully saturated rings. The first-order chi connectivity index (χ1) is 52.2. The summed E-state index contributed by atoms with van der Waals surface area (Å²) in [6.07, 6.45) is 0.619. The Morgan fingerprint density at radius 2 is 1.31 bits per heavy atom. The predicted molar refractivity (Wildman–Crippen MR) is 403 cm³/mol. The van der Waals surface area contributed by atoms with Gasteiger partial charge in [0.1, 0.15) is 49.0 Å². The number of cyclic esters (lactones) is 2. The number of esters is 3. The molecule has 0 bridgehead atoms. The van der Waals surface area contributed by atoms with E-state index in [1.54, 1.807) is 83.3 Å². The van der Waals surface area contributed by atoms with Gasteiger partial charge in [-0.1, -0.05) is 107 Å². The first-order valence-corrected chi connectivity index (χ1v) is 37.4. The Morgan fingerprint density at radius 3 is 1.90 bits per heavy atom. The van der Waals surface area contributed by atoms with Crippen LogP contribution in [0.3, 0.4) is 0 Å². The van der Waals surface area contributed by atoms with Crippen molar-refractivity contribution in [3.05, 3.63) is 119 Å². The van der Waals surface area contributed by atoms with Crippen molar-refractivity contribution in [2.24, 2.45) is 29.1 Å². The van der Waals surface area contributed by atoms with Crippen LogP contribution in [-0.4, -0.2) is 221 Å². The smallest absolute Gasteiger partial charge is 0.407 e. The Hall–Kier alpha value is -8.39. The molecule has 5 N–H and O–H groups in total. The number of amides is 6. The highest BCUT2D eigenvalue weighted by molar-refractivity contribution is 6.32. The number of anilines is 1. The number of carbonyl (C=O) groups excluding carboxylic acids is 10. The van der Waals surface area contributed by atoms with Crippen LogP contribution >= 0.6 is 11.6 Å². The summed E-state index contributed by atoms with van der Waals surface area (Å²) in [5.41, 5.74) is 1.98. The number of methoxy groups -OCH3 is 2. The van der Waals surface area contributed by atoms with Gasteiger partial charge < -0.3 is 93.1 Å². The van der Waals surface area contributed by atoms with Crippen LogP contribution in [-0.2, 0) is 120 Å². The highest BCUT2D eigenvalue weighted by atomic mass is 35.5. The summed E-state index contributed by atoms with van der Waals surface area (Å²) in [4.78, 5) is 136. The van der Waals surface area contributed by atoms with Crippen LogP contribution in [0.1, 0.15) is 122 Å². The number of ether oxygens (including phenoxy) is 13. The molecule has 3 aromatic rings. The van der Waals surface area contributed by atoms with Crippen LogP contribution < -0.4 is 31.3 Å². The normalized spacial score (nSPS) is 18.5. The quantitative estimate of drug-likeness (QED) is 0.0119. The van der Waals surface area contributed by atoms with Gasteiger partial charge in [0.25, 0.3) is 0 Å². The molecule has 0 aliphatic carbocycles. The molecule has 604 valence electrons. The highest BCUT2D eigenvalue weighted by Crippen LogP contribution is 2.45. The SMILES string of the molecule is C=CCOC(=O)CCN(CCC(=O)C[C@H](C(=O)N[C@@H](C)C(=O)Nc1ccc(COC(=O)NCc2ccc([C@H]3O[C@@H]3[C@@H](C)[C@@H]3C/C=C/C(=O)N[C@H](Cc4ccc(OC)c(Cl)c4)C(=O)NCC(C)(C)C(=O)O[C@@H](CC(C)C)C(=O)O3)cc2)cc1)C(C)C)C(=O)CCOCCOCCOCCOCCOCCOCCOC. The van der Waals surface area contributed by atoms with Gasteiger partial charge in [0.2, 0.25) is 29.5 Å². The highest BCUT2D eigenvalue weighted by Gasteiger charge is 2.48. The van der Waals surface area contributed by atoms with Gasteiger partial charge >= 0.3 is 24.0 Å². The van der Waals surface area contributed by atoms with Crippen molar-refractivity contribution in [1.82, 2.24) is 26.2 Å². The van der Waals surface area contributed by atoms with Crippen LogP contribution in [0.4, 0.5) is 10.5 Å². The summed E-state index contributed by atoms with van der Waals surface area (Å²) in [6, 6.07) is 17.0. The molecular weight excluding hydrogens is 1440 g/mol. The Balaban J connectivity index is 1.03. The molecule has 0 spiro atoms. The van der Waals surface area contributed by atoms with E-state index in [4.69, 9.17) is 73.2 Å². The van der Waals surface area contributed by atoms with Crippen LogP contribution in [0, 0.1) is 29.1 Å². The van der Waals surface area contributed by atoms with Crippen LogP contribution in [0.5, 0.6) is 5.75 Å². The lowest BCUT2D eigenvalue weighted by Crippen LogP contribution is -2.51. The number of hydrogen-bond acceptors (Lipinski definition) is 23. The maximum atomic E-state index is 14.0. The van der Waals surface area contributed by atoms with E-state index in [1.165, 1.54) is 31.1 Å². The largest absolute Gasteiger partial charge is 0.495 e. The maximum absolute atomic E-state index is 14.0. The van der Waals surface area contributed by atoms with E-state index in [0.717, 1.165) is 11.1 Å². The number of rotatable bonds is 48. The molecule has 2 aliphatic heterocycles. The maximum Gasteiger partial charge on any atom is 0.407 e. The summed E-state index contributed by atoms with van der Waals surface area (Å²) in [6.45, 7) is 22.3. The molecule has 1 saturated heterocycles. The number of epoxide rings is 1. The minimum Gasteiger partial charge on any atom is -0.495 e. The minimum atomic E-state index is -1.29. The van der Waals surface area contributed by atoms with E-state index >= 15 is 0 Å². The molecule has 2 aliphatic rings. The molecule has 6 amide bonds. The van der Waals surface area contributed by atoms with Crippen molar-refractivity contribution in [1.29, 1.82) is 0 Å². The zero-order valence-corrected chi connectivity index (χ0v) is 65.4. The average Bonchev–Trinajstić information content (AvgIpc) is 1.63. The average molecular weight is 1550 g/mol. The van der Waals surface area contributed by atoms with Gasteiger partial charge in [0, 0.05) is 76.5 Å². The molecule has 29 nitrogen and oxygen atoms in total. The van der Waals surface area contributed by atoms with Crippen molar-refractivity contribution in [3.8, 4) is 5.75 Å². The van der Waals surface area contributed by atoms with Crippen LogP contribution in [0.2, 0.25) is 5.02 Å². The Bertz CT molecular complexity index is 3390. The lowest BCUT2D eigenvalue weighted by Gasteiger charge is -2.29. The van der Waals surface area contributed by atoms with Gasteiger partial charge in [-0.15, -0.1) is 0 Å². The topological polar surface area (TPSA) is 357 Å². The zero-order chi connectivity index (χ0) is 79.7. The third-order valence-corrected chi connectivity index (χ3v) is 18.0. The van der Waals surface area contributed by atoms with E-state index in [2.05, 4.69) is 33.2 Å². The van der Waals surface area contributed by atoms with Gasteiger partial charge in [0.15, 0.2) is 6.10 Å². The number of alkyl carbamates (subject to hydrolysis) is 1. The van der Waals surface area contributed by atoms with Gasteiger partial charge in [-0.2, -0.15) is 0 Å². The number of carbonyl (C=O) groups is 10. The van der Waals surface area contributed by atoms with E-state index in [-0.39, 0.29) is 134 Å². The number of halogens is 1. The Labute approximate surface area is 644 Å². The van der Waals surface area contributed by atoms with Crippen molar-refractivity contribution in [3.63, 3.8) is 0 Å². The predicted octanol–water partition coefficient (Wildman–Crippen LogP) is 7.70. The molecule has 5 rings (SSSR count). The first-order valence-electron chi connectivity index (χ1n) is 37.1. The van der Waals surface area contributed by atoms with Crippen molar-refractivity contribution in [2.45, 2.75) is 150 Å². The van der Waals surface area contributed by atoms with Crippen molar-refractivity contribution < 1.29 is 110 Å². The van der Waals surface area contributed by atoms with Gasteiger partial charge in [-0.3, -0.25) is 38.4 Å². The second kappa shape index (κ2) is 49.7. The molecule has 0 radical (unpaired) electrons. The number of ketones is 1. The molecule has 2 heterocycles. The molecule has 8 atom stereocenters. The lowest BCUT2D eigenvalue weighted by atomic mass is 9.89. The molecule has 0 aromatic heterocycles. The molecule has 30 heteroatoms. The van der Waals surface area contributed by atoms with Gasteiger partial charge in [-0.05, 0) is 91.6 Å². The fourth-order valence-corrected chi connectivity index (χ4v) is 11.3. The monoisotopic (exact) mass is 1550 g/mol. The Kier molecular flexibility index (Phi) is 41.6. The fourth-order valence-electron chi connectivity index (χ4n) is 11.1. The van der Waals surface area contributed by atoms with Gasteiger partial charge in [0.05, 0.1) is 122 Å². The number of nitrogens with one attached hydrogen (secondary N) is 5. The third-order valence-electron chi connectivity index (χ3n) is 17.7. The zero-order valence-electron chi connectivity index (χ0n) is 64.7. The number of hydrogen-bond donors (Lipinski definition) is 5. The molecule has 109 heavy (non-hydrogen) atoms. The first kappa shape index (κ1) is 91.2. The molecule has 0 unspecified atom stereocenters. The van der Waals surface area contributed by atoms with E-state index in [9.17, 15) is 47.9 Å². The van der Waals surface area contributed by atoms with E-state index < -0.39 is 95.3 Å². The van der Waals surface area contributed by atoms with Crippen molar-refractivity contribution in [2.75, 3.05) is 132 Å².